The van der Waals surface area contributed by atoms with Gasteiger partial charge in [-0.1, -0.05) is 0 Å². The Kier molecular flexibility index (Phi) is 8.96. The Balaban J connectivity index is 0.000000431. The smallest absolute Gasteiger partial charge is 0.497 e. The van der Waals surface area contributed by atoms with Crippen molar-refractivity contribution in [2.24, 2.45) is 0 Å². The van der Waals surface area contributed by atoms with E-state index in [1.54, 1.807) is 13.2 Å². The molecule has 3 fully saturated rings. The molecule has 0 unspecified atom stereocenters. The molecule has 1 saturated heterocycles. The van der Waals surface area contributed by atoms with Crippen LogP contribution in [0.3, 0.4) is 0 Å². The Hall–Kier alpha value is -2.24. The van der Waals surface area contributed by atoms with Gasteiger partial charge in [0.1, 0.15) is 17.4 Å². The first-order chi connectivity index (χ1) is 16.7. The first kappa shape index (κ1) is 25.8. The van der Waals surface area contributed by atoms with Gasteiger partial charge in [0.2, 0.25) is 0 Å². The summed E-state index contributed by atoms with van der Waals surface area (Å²) < 4.78 is 20.1. The zero-order valence-electron chi connectivity index (χ0n) is 19.5. The van der Waals surface area contributed by atoms with Crippen molar-refractivity contribution in [1.82, 2.24) is 9.97 Å². The number of benzene rings is 2. The zero-order valence-corrected chi connectivity index (χ0v) is 20.6. The van der Waals surface area contributed by atoms with Gasteiger partial charge in [0.25, 0.3) is 0 Å². The number of hydrogen-bond donors (Lipinski definition) is 1. The standard InChI is InChI=1S/C23H22FN4O.C5H5.Fe/c1-29-18-8-6-17(7-9-18)27-10-12-28(13-11-27)22-15-21-20(14-19(22)24)25-23(26-21)16-4-2-3-5-16;1-2-4-5-3-1;/h2-9,14-15H,10-13H2,1H3,(H,25,26);1-5H;/q;;+2. The quantitative estimate of drug-likeness (QED) is 0.512. The Morgan fingerprint density at radius 3 is 2.03 bits per heavy atom. The summed E-state index contributed by atoms with van der Waals surface area (Å²) in [5.41, 5.74) is 3.29. The second-order valence-corrected chi connectivity index (χ2v) is 8.21. The van der Waals surface area contributed by atoms with Gasteiger partial charge in [-0.05, 0) is 88.1 Å². The van der Waals surface area contributed by atoms with Crippen LogP contribution >= 0.6 is 0 Å². The van der Waals surface area contributed by atoms with E-state index in [-0.39, 0.29) is 22.9 Å². The van der Waals surface area contributed by atoms with Gasteiger partial charge < -0.3 is 19.5 Å². The molecule has 1 N–H and O–H groups in total. The minimum atomic E-state index is -0.215. The number of aromatic amines is 1. The Bertz CT molecular complexity index is 1060. The van der Waals surface area contributed by atoms with E-state index < -0.39 is 0 Å². The molecule has 0 spiro atoms. The third-order valence-corrected chi connectivity index (χ3v) is 6.10. The van der Waals surface area contributed by atoms with Crippen LogP contribution in [0.4, 0.5) is 15.8 Å². The molecule has 7 heteroatoms. The van der Waals surface area contributed by atoms with Crippen LogP contribution in [-0.4, -0.2) is 43.3 Å². The molecule has 0 amide bonds. The number of nitrogens with one attached hydrogen (secondary N) is 1. The van der Waals surface area contributed by atoms with Crippen molar-refractivity contribution in [3.63, 3.8) is 0 Å². The van der Waals surface area contributed by atoms with Crippen LogP contribution in [0.1, 0.15) is 5.82 Å². The van der Waals surface area contributed by atoms with E-state index in [1.807, 2.05) is 76.0 Å². The molecule has 10 radical (unpaired) electrons. The van der Waals surface area contributed by atoms with Gasteiger partial charge >= 0.3 is 17.1 Å². The van der Waals surface area contributed by atoms with E-state index in [9.17, 15) is 4.39 Å². The molecule has 1 aliphatic heterocycles. The van der Waals surface area contributed by atoms with Gasteiger partial charge in [-0.15, -0.1) is 0 Å². The van der Waals surface area contributed by atoms with Crippen LogP contribution in [0.15, 0.2) is 36.4 Å². The van der Waals surface area contributed by atoms with Crippen molar-refractivity contribution < 1.29 is 26.2 Å². The normalized spacial score (nSPS) is 18.3. The Labute approximate surface area is 218 Å². The summed E-state index contributed by atoms with van der Waals surface area (Å²) in [6.45, 7) is 3.19. The average molecular weight is 510 g/mol. The van der Waals surface area contributed by atoms with Gasteiger partial charge in [0, 0.05) is 43.9 Å². The van der Waals surface area contributed by atoms with Crippen LogP contribution in [0, 0.1) is 69.5 Å². The minimum absolute atomic E-state index is 0. The number of methoxy groups -OCH3 is 1. The first-order valence-electron chi connectivity index (χ1n) is 11.4. The number of H-pyrrole nitrogens is 1. The molecule has 2 heterocycles. The molecular weight excluding hydrogens is 483 g/mol. The fraction of sp³-hybridized carbons (Fsp3) is 0.179. The van der Waals surface area contributed by atoms with Gasteiger partial charge in [0.05, 0.1) is 23.8 Å². The molecular formula is C28H27FFeN4O+2. The number of nitrogens with zero attached hydrogens (tertiary/aromatic N) is 3. The average Bonchev–Trinajstić information content (AvgIpc) is 3.67. The van der Waals surface area contributed by atoms with E-state index in [2.05, 4.69) is 31.9 Å². The molecule has 0 bridgehead atoms. The van der Waals surface area contributed by atoms with E-state index in [4.69, 9.17) is 4.74 Å². The van der Waals surface area contributed by atoms with E-state index in [1.165, 1.54) is 0 Å². The number of piperazine rings is 1. The summed E-state index contributed by atoms with van der Waals surface area (Å²) in [4.78, 5) is 12.3. The number of halogens is 1. The molecule has 3 aromatic rings. The van der Waals surface area contributed by atoms with Crippen molar-refractivity contribution in [2.75, 3.05) is 43.1 Å². The number of aromatic nitrogens is 2. The number of ether oxygens (including phenoxy) is 1. The summed E-state index contributed by atoms with van der Waals surface area (Å²) in [7, 11) is 1.67. The van der Waals surface area contributed by atoms with Crippen molar-refractivity contribution in [2.45, 2.75) is 0 Å². The SMILES string of the molecule is COc1ccc(N2CCN(c3cc4nc([C]5[CH][CH][CH][CH]5)[nH]c4cc3F)CC2)cc1.[CH]1[CH][CH][CH][CH]1.[Fe+2]. The van der Waals surface area contributed by atoms with Crippen LogP contribution in [0.5, 0.6) is 5.75 Å². The number of hydrogen-bond acceptors (Lipinski definition) is 4. The zero-order chi connectivity index (χ0) is 23.3. The third kappa shape index (κ3) is 6.13. The first-order valence-corrected chi connectivity index (χ1v) is 11.4. The Morgan fingerprint density at radius 2 is 1.43 bits per heavy atom. The van der Waals surface area contributed by atoms with Crippen LogP contribution in [-0.2, 0) is 17.1 Å². The van der Waals surface area contributed by atoms with Gasteiger partial charge in [-0.2, -0.15) is 0 Å². The summed E-state index contributed by atoms with van der Waals surface area (Å²) in [5.74, 6) is 2.41. The number of imidazole rings is 1. The molecule has 1 aromatic heterocycles. The Morgan fingerprint density at radius 1 is 0.829 bits per heavy atom. The summed E-state index contributed by atoms with van der Waals surface area (Å²) in [6.07, 6.45) is 17.9. The molecule has 0 atom stereocenters. The summed E-state index contributed by atoms with van der Waals surface area (Å²) >= 11 is 0. The van der Waals surface area contributed by atoms with Crippen molar-refractivity contribution >= 4 is 22.4 Å². The van der Waals surface area contributed by atoms with Crippen molar-refractivity contribution in [1.29, 1.82) is 0 Å². The second-order valence-electron chi connectivity index (χ2n) is 8.21. The molecule has 35 heavy (non-hydrogen) atoms. The molecule has 6 rings (SSSR count). The monoisotopic (exact) mass is 510 g/mol. The van der Waals surface area contributed by atoms with Gasteiger partial charge in [-0.3, -0.25) is 0 Å². The maximum Gasteiger partial charge on any atom is 2.00 e. The van der Waals surface area contributed by atoms with Gasteiger partial charge in [0.15, 0.2) is 0 Å². The predicted molar refractivity (Wildman–Crippen MR) is 135 cm³/mol. The predicted octanol–water partition coefficient (Wildman–Crippen LogP) is 4.81. The van der Waals surface area contributed by atoms with Crippen molar-refractivity contribution in [3.05, 3.63) is 112 Å². The largest absolute Gasteiger partial charge is 2.00 e. The maximum atomic E-state index is 14.8. The van der Waals surface area contributed by atoms with E-state index >= 15 is 0 Å². The fourth-order valence-electron chi connectivity index (χ4n) is 4.25. The van der Waals surface area contributed by atoms with Crippen LogP contribution in [0.25, 0.3) is 11.0 Å². The van der Waals surface area contributed by atoms with E-state index in [0.717, 1.165) is 60.4 Å². The summed E-state index contributed by atoms with van der Waals surface area (Å²) in [6, 6.07) is 11.5. The fourth-order valence-corrected chi connectivity index (χ4v) is 4.25. The molecule has 178 valence electrons. The second kappa shape index (κ2) is 12.1. The van der Waals surface area contributed by atoms with Crippen LogP contribution in [0.2, 0.25) is 0 Å². The number of rotatable bonds is 4. The number of fused-ring (bicyclic) bond motifs is 1. The minimum Gasteiger partial charge on any atom is -0.497 e. The molecule has 2 aliphatic carbocycles. The summed E-state index contributed by atoms with van der Waals surface area (Å²) in [5, 5.41) is 0. The topological polar surface area (TPSA) is 44.4 Å². The molecule has 3 aliphatic rings. The molecule has 5 nitrogen and oxygen atoms in total. The van der Waals surface area contributed by atoms with E-state index in [0.29, 0.717) is 5.69 Å². The molecule has 2 aromatic carbocycles. The third-order valence-electron chi connectivity index (χ3n) is 6.10. The van der Waals surface area contributed by atoms with Gasteiger partial charge in [-0.25, -0.2) is 9.37 Å². The van der Waals surface area contributed by atoms with Crippen molar-refractivity contribution in [3.8, 4) is 5.75 Å². The maximum absolute atomic E-state index is 14.8. The molecule has 2 saturated carbocycles. The number of anilines is 2. The van der Waals surface area contributed by atoms with Crippen LogP contribution < -0.4 is 14.5 Å².